The SMILES string of the molecule is CC/C=C/C=C(\N)[B]OC(C)(C)C(C)C. The van der Waals surface area contributed by atoms with Crippen molar-refractivity contribution in [3.63, 3.8) is 0 Å². The van der Waals surface area contributed by atoms with E-state index in [1.807, 2.05) is 18.2 Å². The van der Waals surface area contributed by atoms with Crippen LogP contribution in [0.15, 0.2) is 23.8 Å². The molecule has 2 nitrogen and oxygen atoms in total. The summed E-state index contributed by atoms with van der Waals surface area (Å²) in [6, 6.07) is 0. The van der Waals surface area contributed by atoms with Crippen molar-refractivity contribution in [3.8, 4) is 0 Å². The van der Waals surface area contributed by atoms with Gasteiger partial charge in [-0.2, -0.15) is 0 Å². The number of hydrogen-bond donors (Lipinski definition) is 1. The first kappa shape index (κ1) is 14.3. The summed E-state index contributed by atoms with van der Waals surface area (Å²) >= 11 is 0. The molecule has 0 amide bonds. The van der Waals surface area contributed by atoms with E-state index in [4.69, 9.17) is 10.4 Å². The molecule has 3 heteroatoms. The van der Waals surface area contributed by atoms with E-state index in [-0.39, 0.29) is 5.60 Å². The normalized spacial score (nSPS) is 13.9. The van der Waals surface area contributed by atoms with Crippen molar-refractivity contribution in [2.24, 2.45) is 11.7 Å². The van der Waals surface area contributed by atoms with Crippen LogP contribution in [0, 0.1) is 5.92 Å². The van der Waals surface area contributed by atoms with Gasteiger partial charge >= 0.3 is 7.48 Å². The third kappa shape index (κ3) is 6.40. The zero-order valence-corrected chi connectivity index (χ0v) is 10.6. The topological polar surface area (TPSA) is 35.2 Å². The van der Waals surface area contributed by atoms with Crippen LogP contribution in [0.3, 0.4) is 0 Å². The molecule has 0 unspecified atom stereocenters. The molecule has 0 fully saturated rings. The molecule has 0 saturated carbocycles. The molecule has 0 spiro atoms. The molecule has 0 aromatic heterocycles. The zero-order chi connectivity index (χ0) is 11.9. The van der Waals surface area contributed by atoms with Crippen LogP contribution >= 0.6 is 0 Å². The average Bonchev–Trinajstić information content (AvgIpc) is 2.15. The van der Waals surface area contributed by atoms with Gasteiger partial charge in [0.2, 0.25) is 0 Å². The predicted octanol–water partition coefficient (Wildman–Crippen LogP) is 2.82. The molecular weight excluding hydrogens is 185 g/mol. The van der Waals surface area contributed by atoms with E-state index in [1.54, 1.807) is 7.48 Å². The van der Waals surface area contributed by atoms with Crippen molar-refractivity contribution in [1.82, 2.24) is 0 Å². The molecule has 1 radical (unpaired) electrons. The van der Waals surface area contributed by atoms with Gasteiger partial charge in [0.1, 0.15) is 0 Å². The Morgan fingerprint density at radius 1 is 1.47 bits per heavy atom. The Balaban J connectivity index is 4.05. The van der Waals surface area contributed by atoms with E-state index in [1.165, 1.54) is 0 Å². The van der Waals surface area contributed by atoms with Gasteiger partial charge in [-0.1, -0.05) is 39.0 Å². The fraction of sp³-hybridized carbons (Fsp3) is 0.667. The lowest BCUT2D eigenvalue weighted by Gasteiger charge is -2.29. The Morgan fingerprint density at radius 3 is 2.53 bits per heavy atom. The van der Waals surface area contributed by atoms with Gasteiger partial charge in [0.15, 0.2) is 0 Å². The maximum absolute atomic E-state index is 5.75. The van der Waals surface area contributed by atoms with Crippen LogP contribution in [0.25, 0.3) is 0 Å². The monoisotopic (exact) mass is 208 g/mol. The number of hydrogen-bond acceptors (Lipinski definition) is 2. The molecule has 2 N–H and O–H groups in total. The minimum atomic E-state index is -0.174. The first-order valence-electron chi connectivity index (χ1n) is 5.53. The highest BCUT2D eigenvalue weighted by Crippen LogP contribution is 2.19. The zero-order valence-electron chi connectivity index (χ0n) is 10.6. The molecule has 0 aliphatic heterocycles. The van der Waals surface area contributed by atoms with Gasteiger partial charge in [-0.3, -0.25) is 0 Å². The number of nitrogens with two attached hydrogens (primary N) is 1. The van der Waals surface area contributed by atoms with Crippen molar-refractivity contribution in [1.29, 1.82) is 0 Å². The second kappa shape index (κ2) is 6.73. The molecule has 85 valence electrons. The van der Waals surface area contributed by atoms with Crippen LogP contribution in [0.4, 0.5) is 0 Å². The summed E-state index contributed by atoms with van der Waals surface area (Å²) in [4.78, 5) is 0. The fourth-order valence-corrected chi connectivity index (χ4v) is 0.711. The lowest BCUT2D eigenvalue weighted by molar-refractivity contribution is 0.0658. The van der Waals surface area contributed by atoms with Crippen molar-refractivity contribution in [3.05, 3.63) is 23.8 Å². The Hall–Kier alpha value is -0.695. The highest BCUT2D eigenvalue weighted by Gasteiger charge is 2.22. The predicted molar refractivity (Wildman–Crippen MR) is 67.5 cm³/mol. The van der Waals surface area contributed by atoms with Gasteiger partial charge in [-0.05, 0) is 26.2 Å². The Labute approximate surface area is 94.9 Å². The molecular formula is C12H23BNO. The van der Waals surface area contributed by atoms with Gasteiger partial charge in [0.25, 0.3) is 0 Å². The number of allylic oxidation sites excluding steroid dienone is 3. The van der Waals surface area contributed by atoms with E-state index in [2.05, 4.69) is 34.6 Å². The maximum Gasteiger partial charge on any atom is 0.347 e. The molecule has 0 heterocycles. The quantitative estimate of drug-likeness (QED) is 0.538. The van der Waals surface area contributed by atoms with Gasteiger partial charge in [-0.25, -0.2) is 0 Å². The molecule has 0 aromatic rings. The minimum Gasteiger partial charge on any atom is -0.428 e. The molecule has 0 aromatic carbocycles. The third-order valence-corrected chi connectivity index (χ3v) is 2.55. The van der Waals surface area contributed by atoms with Crippen molar-refractivity contribution >= 4 is 7.48 Å². The molecule has 0 aliphatic rings. The average molecular weight is 208 g/mol. The summed E-state index contributed by atoms with van der Waals surface area (Å²) in [6.45, 7) is 10.5. The Bertz CT molecular complexity index is 232. The van der Waals surface area contributed by atoms with E-state index >= 15 is 0 Å². The maximum atomic E-state index is 5.75. The summed E-state index contributed by atoms with van der Waals surface area (Å²) in [5.41, 5.74) is 6.22. The van der Waals surface area contributed by atoms with Crippen molar-refractivity contribution < 1.29 is 4.65 Å². The molecule has 0 atom stereocenters. The van der Waals surface area contributed by atoms with E-state index in [9.17, 15) is 0 Å². The van der Waals surface area contributed by atoms with Crippen LogP contribution in [-0.4, -0.2) is 13.1 Å². The minimum absolute atomic E-state index is 0.174. The molecule has 0 saturated heterocycles. The first-order valence-corrected chi connectivity index (χ1v) is 5.53. The summed E-state index contributed by atoms with van der Waals surface area (Å²) in [7, 11) is 1.62. The lowest BCUT2D eigenvalue weighted by atomic mass is 9.88. The summed E-state index contributed by atoms with van der Waals surface area (Å²) in [5.74, 6) is 0.452. The van der Waals surface area contributed by atoms with Gasteiger partial charge in [-0.15, -0.1) is 0 Å². The van der Waals surface area contributed by atoms with Crippen LogP contribution in [-0.2, 0) is 4.65 Å². The highest BCUT2D eigenvalue weighted by molar-refractivity contribution is 6.37. The van der Waals surface area contributed by atoms with Crippen LogP contribution in [0.1, 0.15) is 41.0 Å². The second-order valence-corrected chi connectivity index (χ2v) is 4.50. The largest absolute Gasteiger partial charge is 0.428 e. The molecule has 0 bridgehead atoms. The standard InChI is InChI=1S/C12H23BNO/c1-6-7-8-9-11(14)13-15-12(4,5)10(2)3/h7-10H,6,14H2,1-5H3/b8-7+,11-9-. The Morgan fingerprint density at radius 2 is 2.07 bits per heavy atom. The highest BCUT2D eigenvalue weighted by atomic mass is 16.5. The van der Waals surface area contributed by atoms with Crippen LogP contribution in [0.5, 0.6) is 0 Å². The van der Waals surface area contributed by atoms with Gasteiger partial charge in [0, 0.05) is 11.2 Å². The second-order valence-electron chi connectivity index (χ2n) is 4.50. The number of rotatable bonds is 6. The first-order chi connectivity index (χ1) is 6.90. The molecule has 0 rings (SSSR count). The summed E-state index contributed by atoms with van der Waals surface area (Å²) in [5, 5.41) is 0. The van der Waals surface area contributed by atoms with Gasteiger partial charge < -0.3 is 10.4 Å². The molecule has 15 heavy (non-hydrogen) atoms. The molecule has 0 aliphatic carbocycles. The summed E-state index contributed by atoms with van der Waals surface area (Å²) in [6.07, 6.45) is 6.86. The van der Waals surface area contributed by atoms with E-state index in [0.717, 1.165) is 6.42 Å². The fourth-order valence-electron chi connectivity index (χ4n) is 0.711. The lowest BCUT2D eigenvalue weighted by Crippen LogP contribution is -2.34. The smallest absolute Gasteiger partial charge is 0.347 e. The Kier molecular flexibility index (Phi) is 6.42. The van der Waals surface area contributed by atoms with E-state index < -0.39 is 0 Å². The van der Waals surface area contributed by atoms with Crippen molar-refractivity contribution in [2.45, 2.75) is 46.6 Å². The van der Waals surface area contributed by atoms with E-state index in [0.29, 0.717) is 11.5 Å². The van der Waals surface area contributed by atoms with Crippen LogP contribution < -0.4 is 5.73 Å². The summed E-state index contributed by atoms with van der Waals surface area (Å²) < 4.78 is 5.63. The third-order valence-electron chi connectivity index (χ3n) is 2.55. The van der Waals surface area contributed by atoms with Crippen LogP contribution in [0.2, 0.25) is 0 Å². The van der Waals surface area contributed by atoms with Crippen molar-refractivity contribution in [2.75, 3.05) is 0 Å². The van der Waals surface area contributed by atoms with Gasteiger partial charge in [0.05, 0.1) is 0 Å².